The van der Waals surface area contributed by atoms with Gasteiger partial charge < -0.3 is 9.47 Å². The molecule has 0 atom stereocenters. The van der Waals surface area contributed by atoms with Gasteiger partial charge in [-0.15, -0.1) is 11.1 Å². The molecular weight excluding hydrogens is 292 g/mol. The Kier molecular flexibility index (Phi) is 4.23. The molecule has 1 aliphatic heterocycles. The summed E-state index contributed by atoms with van der Waals surface area (Å²) < 4.78 is 10.9. The van der Waals surface area contributed by atoms with E-state index in [4.69, 9.17) is 9.47 Å². The second-order valence-corrected chi connectivity index (χ2v) is 16.8. The van der Waals surface area contributed by atoms with Crippen LogP contribution < -0.4 is 9.47 Å². The van der Waals surface area contributed by atoms with E-state index >= 15 is 0 Å². The van der Waals surface area contributed by atoms with Gasteiger partial charge in [-0.3, -0.25) is 0 Å². The molecule has 21 heavy (non-hydrogen) atoms. The lowest BCUT2D eigenvalue weighted by atomic mass is 10.1. The third kappa shape index (κ3) is 4.70. The van der Waals surface area contributed by atoms with E-state index < -0.39 is 16.1 Å². The van der Waals surface area contributed by atoms with Crippen molar-refractivity contribution in [1.29, 1.82) is 0 Å². The van der Waals surface area contributed by atoms with Crippen LogP contribution in [0.2, 0.25) is 39.3 Å². The predicted octanol–water partition coefficient (Wildman–Crippen LogP) is 3.87. The second kappa shape index (κ2) is 5.63. The Hall–Kier alpha value is -1.63. The zero-order valence-corrected chi connectivity index (χ0v) is 15.7. The molecule has 0 aromatic heterocycles. The molecule has 1 aliphatic rings. The molecule has 2 nitrogen and oxygen atoms in total. The van der Waals surface area contributed by atoms with Crippen molar-refractivity contribution in [3.63, 3.8) is 0 Å². The molecule has 0 saturated heterocycles. The highest BCUT2D eigenvalue weighted by Crippen LogP contribution is 2.34. The fourth-order valence-electron chi connectivity index (χ4n) is 1.66. The molecule has 0 aliphatic carbocycles. The van der Waals surface area contributed by atoms with Crippen LogP contribution in [-0.4, -0.2) is 22.9 Å². The van der Waals surface area contributed by atoms with Gasteiger partial charge >= 0.3 is 0 Å². The Morgan fingerprint density at radius 2 is 1.14 bits per heavy atom. The van der Waals surface area contributed by atoms with Crippen LogP contribution in [-0.2, 0) is 0 Å². The third-order valence-corrected chi connectivity index (χ3v) is 4.41. The molecule has 1 heterocycles. The average molecular weight is 315 g/mol. The van der Waals surface area contributed by atoms with Crippen molar-refractivity contribution in [3.05, 3.63) is 23.3 Å². The molecule has 0 saturated carbocycles. The molecule has 110 valence electrons. The summed E-state index contributed by atoms with van der Waals surface area (Å²) in [5.74, 6) is 8.16. The highest BCUT2D eigenvalue weighted by atomic mass is 28.3. The smallest absolute Gasteiger partial charge is 0.231 e. The Morgan fingerprint density at radius 1 is 0.762 bits per heavy atom. The number of rotatable bonds is 0. The molecule has 4 heteroatoms. The van der Waals surface area contributed by atoms with Crippen LogP contribution in [0.1, 0.15) is 11.1 Å². The van der Waals surface area contributed by atoms with Gasteiger partial charge in [0.2, 0.25) is 6.79 Å². The molecular formula is C17H22O2Si2. The van der Waals surface area contributed by atoms with E-state index in [1.54, 1.807) is 0 Å². The number of ether oxygens (including phenoxy) is 2. The van der Waals surface area contributed by atoms with E-state index in [0.717, 1.165) is 22.6 Å². The van der Waals surface area contributed by atoms with E-state index in [1.165, 1.54) is 0 Å². The first-order valence-electron chi connectivity index (χ1n) is 7.14. The Labute approximate surface area is 129 Å². The van der Waals surface area contributed by atoms with Gasteiger partial charge in [0.05, 0.1) is 0 Å². The van der Waals surface area contributed by atoms with Crippen LogP contribution >= 0.6 is 0 Å². The lowest BCUT2D eigenvalue weighted by molar-refractivity contribution is 0.174. The lowest BCUT2D eigenvalue weighted by Gasteiger charge is -2.06. The van der Waals surface area contributed by atoms with Crippen molar-refractivity contribution < 1.29 is 9.47 Å². The topological polar surface area (TPSA) is 18.5 Å². The summed E-state index contributed by atoms with van der Waals surface area (Å²) in [4.78, 5) is 0. The van der Waals surface area contributed by atoms with Crippen LogP contribution in [0, 0.1) is 22.9 Å². The highest BCUT2D eigenvalue weighted by molar-refractivity contribution is 6.84. The molecule has 1 aromatic carbocycles. The van der Waals surface area contributed by atoms with Gasteiger partial charge in [0.1, 0.15) is 16.1 Å². The SMILES string of the molecule is C[Si](C)(C)C#Cc1cc2c(cc1C#C[Si](C)(C)C)OCO2. The second-order valence-electron chi connectivity index (χ2n) is 7.25. The molecule has 0 bridgehead atoms. The van der Waals surface area contributed by atoms with E-state index in [0.29, 0.717) is 0 Å². The predicted molar refractivity (Wildman–Crippen MR) is 93.0 cm³/mol. The minimum atomic E-state index is -1.42. The minimum Gasteiger partial charge on any atom is -0.454 e. The van der Waals surface area contributed by atoms with Gasteiger partial charge in [-0.25, -0.2) is 0 Å². The summed E-state index contributed by atoms with van der Waals surface area (Å²) in [6, 6.07) is 3.92. The standard InChI is InChI=1S/C17H22O2Si2/c1-20(2,3)9-7-14-11-16-17(19-13-18-16)12-15(14)8-10-21(4,5)6/h11-12H,13H2,1-6H3. The maximum atomic E-state index is 5.45. The van der Waals surface area contributed by atoms with Gasteiger partial charge in [-0.2, -0.15) is 0 Å². The largest absolute Gasteiger partial charge is 0.454 e. The van der Waals surface area contributed by atoms with Crippen LogP contribution in [0.25, 0.3) is 0 Å². The van der Waals surface area contributed by atoms with Gasteiger partial charge in [0.25, 0.3) is 0 Å². The van der Waals surface area contributed by atoms with Crippen molar-refractivity contribution in [2.24, 2.45) is 0 Å². The Morgan fingerprint density at radius 3 is 1.48 bits per heavy atom. The zero-order chi connectivity index (χ0) is 15.7. The lowest BCUT2D eigenvalue weighted by Crippen LogP contribution is -2.16. The average Bonchev–Trinajstić information content (AvgIpc) is 2.78. The van der Waals surface area contributed by atoms with Gasteiger partial charge in [-0.1, -0.05) is 51.1 Å². The molecule has 1 aromatic rings. The normalized spacial score (nSPS) is 13.0. The monoisotopic (exact) mass is 314 g/mol. The van der Waals surface area contributed by atoms with Crippen LogP contribution in [0.3, 0.4) is 0 Å². The van der Waals surface area contributed by atoms with Crippen LogP contribution in [0.5, 0.6) is 11.5 Å². The third-order valence-electron chi connectivity index (χ3n) is 2.66. The Bertz CT molecular complexity index is 612. The van der Waals surface area contributed by atoms with E-state index in [2.05, 4.69) is 62.2 Å². The van der Waals surface area contributed by atoms with E-state index in [9.17, 15) is 0 Å². The van der Waals surface area contributed by atoms with Crippen molar-refractivity contribution >= 4 is 16.1 Å². The highest BCUT2D eigenvalue weighted by Gasteiger charge is 2.17. The molecule has 2 rings (SSSR count). The van der Waals surface area contributed by atoms with E-state index in [-0.39, 0.29) is 6.79 Å². The van der Waals surface area contributed by atoms with Crippen molar-refractivity contribution in [2.75, 3.05) is 6.79 Å². The molecule has 0 spiro atoms. The van der Waals surface area contributed by atoms with Crippen molar-refractivity contribution in [1.82, 2.24) is 0 Å². The van der Waals surface area contributed by atoms with Crippen molar-refractivity contribution in [2.45, 2.75) is 39.3 Å². The van der Waals surface area contributed by atoms with Crippen LogP contribution in [0.15, 0.2) is 12.1 Å². The van der Waals surface area contributed by atoms with Gasteiger partial charge in [0, 0.05) is 23.3 Å². The number of hydrogen-bond donors (Lipinski definition) is 0. The van der Waals surface area contributed by atoms with Crippen molar-refractivity contribution in [3.8, 4) is 34.4 Å². The van der Waals surface area contributed by atoms with Gasteiger partial charge in [-0.05, 0) is 0 Å². The molecule has 0 radical (unpaired) electrons. The zero-order valence-electron chi connectivity index (χ0n) is 13.7. The Balaban J connectivity index is 2.50. The number of hydrogen-bond acceptors (Lipinski definition) is 2. The summed E-state index contributed by atoms with van der Waals surface area (Å²) in [5.41, 5.74) is 8.71. The first-order chi connectivity index (χ1) is 9.64. The first kappa shape index (κ1) is 15.8. The number of fused-ring (bicyclic) bond motifs is 1. The maximum Gasteiger partial charge on any atom is 0.231 e. The van der Waals surface area contributed by atoms with Gasteiger partial charge in [0.15, 0.2) is 11.5 Å². The fraction of sp³-hybridized carbons (Fsp3) is 0.412. The maximum absolute atomic E-state index is 5.45. The summed E-state index contributed by atoms with van der Waals surface area (Å²) in [5, 5.41) is 0. The molecule has 0 amide bonds. The summed E-state index contributed by atoms with van der Waals surface area (Å²) in [7, 11) is -2.84. The first-order valence-corrected chi connectivity index (χ1v) is 14.1. The fourth-order valence-corrected chi connectivity index (χ4v) is 2.68. The molecule has 0 unspecified atom stereocenters. The molecule has 0 fully saturated rings. The summed E-state index contributed by atoms with van der Waals surface area (Å²) in [6.45, 7) is 13.7. The van der Waals surface area contributed by atoms with E-state index in [1.807, 2.05) is 12.1 Å². The summed E-state index contributed by atoms with van der Waals surface area (Å²) in [6.07, 6.45) is 0. The van der Waals surface area contributed by atoms with Crippen LogP contribution in [0.4, 0.5) is 0 Å². The quantitative estimate of drug-likeness (QED) is 0.534. The number of benzene rings is 1. The summed E-state index contributed by atoms with van der Waals surface area (Å²) >= 11 is 0. The minimum absolute atomic E-state index is 0.279. The molecule has 0 N–H and O–H groups in total.